The second kappa shape index (κ2) is 8.35. The van der Waals surface area contributed by atoms with E-state index in [1.165, 1.54) is 0 Å². The Morgan fingerprint density at radius 2 is 1.55 bits per heavy atom. The van der Waals surface area contributed by atoms with Crippen LogP contribution in [-0.2, 0) is 9.59 Å². The molecule has 0 aromatic heterocycles. The van der Waals surface area contributed by atoms with Gasteiger partial charge in [-0.05, 0) is 37.3 Å². The van der Waals surface area contributed by atoms with Crippen LogP contribution in [0, 0.1) is 11.8 Å². The summed E-state index contributed by atoms with van der Waals surface area (Å²) in [5.41, 5.74) is 0.712. The first-order valence-electron chi connectivity index (χ1n) is 10.2. The highest BCUT2D eigenvalue weighted by Crippen LogP contribution is 2.29. The van der Waals surface area contributed by atoms with Gasteiger partial charge in [-0.1, -0.05) is 26.0 Å². The first-order valence-corrected chi connectivity index (χ1v) is 10.2. The summed E-state index contributed by atoms with van der Waals surface area (Å²) in [6.07, 6.45) is 1.61. The Morgan fingerprint density at radius 3 is 2.00 bits per heavy atom. The molecule has 7 nitrogen and oxygen atoms in total. The fraction of sp³-hybridized carbons (Fsp3) is 0.545. The lowest BCUT2D eigenvalue weighted by atomic mass is 9.94. The molecule has 0 aliphatic carbocycles. The second-order valence-corrected chi connectivity index (χ2v) is 8.50. The minimum atomic E-state index is -0.816. The number of hydrogen-bond acceptors (Lipinski definition) is 4. The number of likely N-dealkylation sites (tertiary alicyclic amines) is 1. The molecule has 3 rings (SSSR count). The lowest BCUT2D eigenvalue weighted by Gasteiger charge is -2.36. The van der Waals surface area contributed by atoms with Crippen molar-refractivity contribution >= 4 is 23.6 Å². The Labute approximate surface area is 171 Å². The maximum atomic E-state index is 13.4. The molecule has 2 heterocycles. The van der Waals surface area contributed by atoms with Gasteiger partial charge in [0.1, 0.15) is 6.04 Å². The summed E-state index contributed by atoms with van der Waals surface area (Å²) in [4.78, 5) is 55.8. The van der Waals surface area contributed by atoms with E-state index in [0.29, 0.717) is 43.5 Å². The van der Waals surface area contributed by atoms with E-state index in [9.17, 15) is 19.2 Å². The molecule has 1 unspecified atom stereocenters. The van der Waals surface area contributed by atoms with Crippen molar-refractivity contribution in [1.82, 2.24) is 14.7 Å². The number of nitrogens with zero attached hydrogens (tertiary/aromatic N) is 3. The largest absolute Gasteiger partial charge is 0.349 e. The Hall–Kier alpha value is -2.70. The van der Waals surface area contributed by atoms with Crippen molar-refractivity contribution in [2.24, 2.45) is 11.8 Å². The zero-order valence-corrected chi connectivity index (χ0v) is 17.6. The van der Waals surface area contributed by atoms with Crippen molar-refractivity contribution in [3.63, 3.8) is 0 Å². The van der Waals surface area contributed by atoms with Gasteiger partial charge in [-0.3, -0.25) is 24.1 Å². The first-order chi connectivity index (χ1) is 13.7. The fourth-order valence-corrected chi connectivity index (χ4v) is 4.18. The van der Waals surface area contributed by atoms with Crippen LogP contribution in [-0.4, -0.2) is 71.6 Å². The SMILES string of the molecule is CC(C)CC(C(=O)N1CCC(C(=O)N(C)C)CC1)N1C(=O)c2ccccc2C1=O. The summed E-state index contributed by atoms with van der Waals surface area (Å²) in [7, 11) is 3.47. The van der Waals surface area contributed by atoms with Crippen LogP contribution < -0.4 is 0 Å². The monoisotopic (exact) mass is 399 g/mol. The molecule has 1 aromatic rings. The van der Waals surface area contributed by atoms with Crippen molar-refractivity contribution < 1.29 is 19.2 Å². The zero-order chi connectivity index (χ0) is 21.3. The normalized spacial score (nSPS) is 18.2. The maximum absolute atomic E-state index is 13.4. The fourth-order valence-electron chi connectivity index (χ4n) is 4.18. The van der Waals surface area contributed by atoms with Crippen molar-refractivity contribution in [3.8, 4) is 0 Å². The molecule has 156 valence electrons. The molecule has 2 aliphatic heterocycles. The molecule has 0 bridgehead atoms. The summed E-state index contributed by atoms with van der Waals surface area (Å²) in [5.74, 6) is -0.872. The standard InChI is InChI=1S/C22H29N3O4/c1-14(2)13-18(25-20(27)16-7-5-6-8-17(16)21(25)28)22(29)24-11-9-15(10-12-24)19(26)23(3)4/h5-8,14-15,18H,9-13H2,1-4H3. The number of benzene rings is 1. The lowest BCUT2D eigenvalue weighted by Crippen LogP contribution is -2.53. The van der Waals surface area contributed by atoms with Gasteiger partial charge >= 0.3 is 0 Å². The molecule has 0 saturated carbocycles. The molecule has 29 heavy (non-hydrogen) atoms. The van der Waals surface area contributed by atoms with E-state index in [-0.39, 0.29) is 23.7 Å². The molecule has 1 fully saturated rings. The van der Waals surface area contributed by atoms with Crippen molar-refractivity contribution in [3.05, 3.63) is 35.4 Å². The van der Waals surface area contributed by atoms with Crippen molar-refractivity contribution in [1.29, 1.82) is 0 Å². The van der Waals surface area contributed by atoms with Gasteiger partial charge < -0.3 is 9.80 Å². The van der Waals surface area contributed by atoms with Gasteiger partial charge in [-0.15, -0.1) is 0 Å². The number of hydrogen-bond donors (Lipinski definition) is 0. The average molecular weight is 399 g/mol. The van der Waals surface area contributed by atoms with E-state index in [1.54, 1.807) is 48.2 Å². The van der Waals surface area contributed by atoms with Crippen LogP contribution in [0.4, 0.5) is 0 Å². The maximum Gasteiger partial charge on any atom is 0.262 e. The van der Waals surface area contributed by atoms with E-state index < -0.39 is 17.9 Å². The summed E-state index contributed by atoms with van der Waals surface area (Å²) in [6.45, 7) is 4.86. The number of piperidine rings is 1. The highest BCUT2D eigenvalue weighted by molar-refractivity contribution is 6.22. The van der Waals surface area contributed by atoms with E-state index in [4.69, 9.17) is 0 Å². The summed E-state index contributed by atoms with van der Waals surface area (Å²) in [6, 6.07) is 5.89. The highest BCUT2D eigenvalue weighted by Gasteiger charge is 2.44. The van der Waals surface area contributed by atoms with Crippen LogP contribution in [0.25, 0.3) is 0 Å². The number of carbonyl (C=O) groups excluding carboxylic acids is 4. The number of carbonyl (C=O) groups is 4. The molecule has 4 amide bonds. The third-order valence-electron chi connectivity index (χ3n) is 5.71. The smallest absolute Gasteiger partial charge is 0.262 e. The van der Waals surface area contributed by atoms with Gasteiger partial charge in [-0.2, -0.15) is 0 Å². The lowest BCUT2D eigenvalue weighted by molar-refractivity contribution is -0.141. The van der Waals surface area contributed by atoms with Crippen LogP contribution in [0.5, 0.6) is 0 Å². The van der Waals surface area contributed by atoms with Gasteiger partial charge in [0.2, 0.25) is 11.8 Å². The van der Waals surface area contributed by atoms with Crippen LogP contribution in [0.15, 0.2) is 24.3 Å². The highest BCUT2D eigenvalue weighted by atomic mass is 16.2. The van der Waals surface area contributed by atoms with Gasteiger partial charge in [-0.25, -0.2) is 0 Å². The van der Waals surface area contributed by atoms with Crippen LogP contribution >= 0.6 is 0 Å². The average Bonchev–Trinajstić information content (AvgIpc) is 2.96. The van der Waals surface area contributed by atoms with Gasteiger partial charge in [0, 0.05) is 33.1 Å². The number of imide groups is 1. The Kier molecular flexibility index (Phi) is 6.05. The summed E-state index contributed by atoms with van der Waals surface area (Å²) in [5, 5.41) is 0. The quantitative estimate of drug-likeness (QED) is 0.710. The second-order valence-electron chi connectivity index (χ2n) is 8.50. The van der Waals surface area contributed by atoms with Crippen LogP contribution in [0.2, 0.25) is 0 Å². The van der Waals surface area contributed by atoms with E-state index in [1.807, 2.05) is 13.8 Å². The molecule has 2 aliphatic rings. The third kappa shape index (κ3) is 4.04. The van der Waals surface area contributed by atoms with Gasteiger partial charge in [0.05, 0.1) is 11.1 Å². The predicted molar refractivity (Wildman–Crippen MR) is 108 cm³/mol. The molecular weight excluding hydrogens is 370 g/mol. The van der Waals surface area contributed by atoms with Crippen molar-refractivity contribution in [2.75, 3.05) is 27.2 Å². The molecule has 0 radical (unpaired) electrons. The third-order valence-corrected chi connectivity index (χ3v) is 5.71. The molecule has 1 atom stereocenters. The van der Waals surface area contributed by atoms with Crippen LogP contribution in [0.1, 0.15) is 53.8 Å². The van der Waals surface area contributed by atoms with E-state index in [2.05, 4.69) is 0 Å². The number of fused-ring (bicyclic) bond motifs is 1. The van der Waals surface area contributed by atoms with Crippen molar-refractivity contribution in [2.45, 2.75) is 39.2 Å². The van der Waals surface area contributed by atoms with Gasteiger partial charge in [0.15, 0.2) is 0 Å². The Bertz CT molecular complexity index is 790. The predicted octanol–water partition coefficient (Wildman–Crippen LogP) is 2.02. The molecule has 0 N–H and O–H groups in total. The molecule has 0 spiro atoms. The number of amides is 4. The summed E-state index contributed by atoms with van der Waals surface area (Å²) >= 11 is 0. The van der Waals surface area contributed by atoms with E-state index in [0.717, 1.165) is 4.90 Å². The first kappa shape index (κ1) is 21.0. The molecule has 1 aromatic carbocycles. The topological polar surface area (TPSA) is 78.0 Å². The van der Waals surface area contributed by atoms with Gasteiger partial charge in [0.25, 0.3) is 11.8 Å². The molecular formula is C22H29N3O4. The van der Waals surface area contributed by atoms with Crippen LogP contribution in [0.3, 0.4) is 0 Å². The minimum absolute atomic E-state index is 0.0798. The Balaban J connectivity index is 1.78. The van der Waals surface area contributed by atoms with E-state index >= 15 is 0 Å². The summed E-state index contributed by atoms with van der Waals surface area (Å²) < 4.78 is 0. The molecule has 1 saturated heterocycles. The zero-order valence-electron chi connectivity index (χ0n) is 17.6. The number of rotatable bonds is 5. The molecule has 7 heteroatoms. The minimum Gasteiger partial charge on any atom is -0.349 e. The Morgan fingerprint density at radius 1 is 1.03 bits per heavy atom.